The van der Waals surface area contributed by atoms with Gasteiger partial charge in [-0.15, -0.1) is 0 Å². The zero-order valence-corrected chi connectivity index (χ0v) is 8.27. The Hall–Kier alpha value is 1.54. The molecule has 0 aliphatic carbocycles. The molecule has 0 saturated carbocycles. The standard InChI is InChI=1S/Al.3Li.O3Si.2O/c;;;;1-4(2)3;;/q;3*+1;-2;;-1. The maximum atomic E-state index is 8.52. The van der Waals surface area contributed by atoms with Gasteiger partial charge in [0.2, 0.25) is 0 Å². The number of hydrogen-bond acceptors (Lipinski definition) is 5. The summed E-state index contributed by atoms with van der Waals surface area (Å²) < 4.78 is 25.4. The van der Waals surface area contributed by atoms with Crippen molar-refractivity contribution in [3.8, 4) is 0 Å². The predicted octanol–water partition coefficient (Wildman–Crippen LogP) is -13.6. The van der Waals surface area contributed by atoms with Crippen LogP contribution >= 0.6 is 0 Å². The van der Waals surface area contributed by atoms with Crippen LogP contribution in [0.5, 0.6) is 0 Å². The summed E-state index contributed by atoms with van der Waals surface area (Å²) in [4.78, 5) is 17.0. The average molecular weight is 156 g/mol. The van der Waals surface area contributed by atoms with Crippen molar-refractivity contribution in [2.75, 3.05) is 0 Å². The third-order valence-corrected chi connectivity index (χ3v) is 0. The molecule has 0 bridgehead atoms. The van der Waals surface area contributed by atoms with Gasteiger partial charge < -0.3 is 14.1 Å². The molecule has 0 spiro atoms. The van der Waals surface area contributed by atoms with E-state index in [0.717, 1.165) is 0 Å². The van der Waals surface area contributed by atoms with E-state index in [0.29, 0.717) is 0 Å². The Balaban J connectivity index is -0.0000000131. The molecule has 0 aromatic heterocycles. The van der Waals surface area contributed by atoms with Crippen LogP contribution in [0.3, 0.4) is 0 Å². The summed E-state index contributed by atoms with van der Waals surface area (Å²) in [5, 5.41) is 0. The van der Waals surface area contributed by atoms with Gasteiger partial charge in [-0.05, 0) is 0 Å². The first kappa shape index (κ1) is 30.0. The van der Waals surface area contributed by atoms with Gasteiger partial charge in [0.1, 0.15) is 0 Å². The average Bonchev–Trinajstić information content (AvgIpc) is 1.33. The van der Waals surface area contributed by atoms with Crippen LogP contribution in [0.1, 0.15) is 0 Å². The Kier molecular flexibility index (Phi) is 93.7. The fraction of sp³-hybridized carbons (Fsp3) is 0. The van der Waals surface area contributed by atoms with E-state index in [2.05, 4.69) is 0 Å². The van der Waals surface area contributed by atoms with E-state index in [1.165, 1.54) is 0 Å². The quantitative estimate of drug-likeness (QED) is 0.324. The molecule has 40 valence electrons. The SMILES string of the molecule is O=[Si]([O-])[O-].[Li+].[Li+].[Li+].[O]=[Al][O-]. The summed E-state index contributed by atoms with van der Waals surface area (Å²) in [6.45, 7) is 0. The summed E-state index contributed by atoms with van der Waals surface area (Å²) in [5.41, 5.74) is 0. The summed E-state index contributed by atoms with van der Waals surface area (Å²) in [6, 6.07) is 0. The number of hydrogen-bond donors (Lipinski definition) is 0. The number of rotatable bonds is 0. The molecule has 0 aliphatic rings. The van der Waals surface area contributed by atoms with Crippen molar-refractivity contribution in [2.45, 2.75) is 0 Å². The van der Waals surface area contributed by atoms with Crippen molar-refractivity contribution in [3.63, 3.8) is 0 Å². The van der Waals surface area contributed by atoms with E-state index >= 15 is 0 Å². The third-order valence-electron chi connectivity index (χ3n) is 0. The molecule has 0 heterocycles. The molecule has 0 saturated heterocycles. The van der Waals surface area contributed by atoms with Crippen molar-refractivity contribution < 1.29 is 78.6 Å². The van der Waals surface area contributed by atoms with Crippen LogP contribution in [0.4, 0.5) is 0 Å². The van der Waals surface area contributed by atoms with Crippen LogP contribution in [-0.4, -0.2) is 24.7 Å². The monoisotopic (exact) mass is 156 g/mol. The Bertz CT molecular complexity index is 63.9. The molecule has 5 nitrogen and oxygen atoms in total. The molecule has 0 aliphatic heterocycles. The van der Waals surface area contributed by atoms with E-state index in [4.69, 9.17) is 22.0 Å². The van der Waals surface area contributed by atoms with Crippen LogP contribution in [0.2, 0.25) is 0 Å². The van der Waals surface area contributed by atoms with Crippen LogP contribution < -0.4 is 70.3 Å². The van der Waals surface area contributed by atoms with Crippen molar-refractivity contribution in [3.05, 3.63) is 0 Å². The first-order valence-corrected chi connectivity index (χ1v) is 3.25. The van der Waals surface area contributed by atoms with Crippen molar-refractivity contribution in [1.82, 2.24) is 0 Å². The van der Waals surface area contributed by atoms with Crippen LogP contribution in [0, 0.1) is 0 Å². The predicted molar refractivity (Wildman–Crippen MR) is 12.9 cm³/mol. The van der Waals surface area contributed by atoms with Gasteiger partial charge in [-0.25, -0.2) is 0 Å². The van der Waals surface area contributed by atoms with Gasteiger partial charge in [0, 0.05) is 9.17 Å². The van der Waals surface area contributed by atoms with Crippen molar-refractivity contribution in [1.29, 1.82) is 0 Å². The second-order valence-corrected chi connectivity index (χ2v) is 1.04. The summed E-state index contributed by atoms with van der Waals surface area (Å²) in [6.07, 6.45) is 0. The molecule has 0 rings (SSSR count). The Morgan fingerprint density at radius 1 is 1.10 bits per heavy atom. The van der Waals surface area contributed by atoms with Gasteiger partial charge in [0.05, 0.1) is 0 Å². The van der Waals surface area contributed by atoms with Crippen LogP contribution in [0.15, 0.2) is 0 Å². The first-order chi connectivity index (χ1) is 3.15. The second kappa shape index (κ2) is 31.3. The molecule has 10 heavy (non-hydrogen) atoms. The summed E-state index contributed by atoms with van der Waals surface area (Å²) in [5.74, 6) is 0. The zero-order chi connectivity index (χ0) is 6.28. The van der Waals surface area contributed by atoms with Gasteiger partial charge in [0.15, 0.2) is 0 Å². The van der Waals surface area contributed by atoms with Gasteiger partial charge in [-0.2, -0.15) is 0 Å². The van der Waals surface area contributed by atoms with Gasteiger partial charge in [0.25, 0.3) is 0 Å². The van der Waals surface area contributed by atoms with Crippen LogP contribution in [0.25, 0.3) is 0 Å². The summed E-state index contributed by atoms with van der Waals surface area (Å²) in [7, 11) is -3.63. The normalized spacial score (nSPS) is 3.20. The zero-order valence-electron chi connectivity index (χ0n) is 6.12. The van der Waals surface area contributed by atoms with E-state index in [1.807, 2.05) is 0 Å². The molecule has 10 heteroatoms. The third kappa shape index (κ3) is 293. The second-order valence-electron chi connectivity index (χ2n) is 0.346. The molecule has 0 radical (unpaired) electrons. The van der Waals surface area contributed by atoms with Crippen molar-refractivity contribution >= 4 is 24.7 Å². The van der Waals surface area contributed by atoms with Crippen LogP contribution in [-0.2, 0) is 8.27 Å². The fourth-order valence-corrected chi connectivity index (χ4v) is 0. The van der Waals surface area contributed by atoms with Crippen molar-refractivity contribution in [2.24, 2.45) is 0 Å². The molecular weight excluding hydrogens is 156 g/mol. The minimum atomic E-state index is -3.63. The molecule has 0 aromatic carbocycles. The summed E-state index contributed by atoms with van der Waals surface area (Å²) >= 11 is -1.75. The van der Waals surface area contributed by atoms with Gasteiger partial charge in [-0.1, -0.05) is 0 Å². The van der Waals surface area contributed by atoms with E-state index < -0.39 is 24.7 Å². The molecule has 0 aromatic rings. The Morgan fingerprint density at radius 3 is 1.10 bits per heavy atom. The topological polar surface area (TPSA) is 103 Å². The van der Waals surface area contributed by atoms with E-state index in [9.17, 15) is 0 Å². The van der Waals surface area contributed by atoms with Gasteiger partial charge in [-0.3, -0.25) is 0 Å². The van der Waals surface area contributed by atoms with Gasteiger partial charge >= 0.3 is 80.0 Å². The molecular formula is AlLi3O5Si. The minimum absolute atomic E-state index is 0. The fourth-order valence-electron chi connectivity index (χ4n) is 0. The Labute approximate surface area is 102 Å². The van der Waals surface area contributed by atoms with E-state index in [1.54, 1.807) is 0 Å². The molecule has 0 amide bonds. The molecule has 0 atom stereocenters. The van der Waals surface area contributed by atoms with E-state index in [-0.39, 0.29) is 56.6 Å². The maximum absolute atomic E-state index is 8.52. The molecule has 0 N–H and O–H groups in total. The Morgan fingerprint density at radius 2 is 1.10 bits per heavy atom. The molecule has 0 fully saturated rings. The first-order valence-electron chi connectivity index (χ1n) is 1.08. The molecule has 0 unspecified atom stereocenters.